The second kappa shape index (κ2) is 8.26. The average Bonchev–Trinajstić information content (AvgIpc) is 3.54. The average molecular weight is 379 g/mol. The van der Waals surface area contributed by atoms with Gasteiger partial charge in [-0.1, -0.05) is 50.2 Å². The maximum Gasteiger partial charge on any atom is 0.122 e. The Kier molecular flexibility index (Phi) is 5.75. The van der Waals surface area contributed by atoms with Crippen LogP contribution in [0.2, 0.25) is 0 Å². The van der Waals surface area contributed by atoms with E-state index < -0.39 is 0 Å². The minimum atomic E-state index is 0.458. The number of rotatable bonds is 6. The standard InChI is InChI=1S/C25H34N2O/c1-18(2)21-7-5-6-8-23(21)24-17-27(14-13-26(24)3)16-19-9-12-22(20-10-11-20)25(15-19)28-4/h5-9,12,15,18,20,24H,10-11,13-14,16-17H2,1-4H3. The number of piperazine rings is 1. The molecule has 0 N–H and O–H groups in total. The molecule has 1 saturated carbocycles. The molecular formula is C25H34N2O. The van der Waals surface area contributed by atoms with Crippen LogP contribution in [0.1, 0.15) is 66.8 Å². The number of benzene rings is 2. The van der Waals surface area contributed by atoms with Crippen molar-refractivity contribution in [3.63, 3.8) is 0 Å². The first kappa shape index (κ1) is 19.5. The molecule has 0 radical (unpaired) electrons. The highest BCUT2D eigenvalue weighted by molar-refractivity contribution is 5.42. The lowest BCUT2D eigenvalue weighted by molar-refractivity contribution is 0.0898. The van der Waals surface area contributed by atoms with Gasteiger partial charge in [-0.15, -0.1) is 0 Å². The van der Waals surface area contributed by atoms with Crippen LogP contribution in [-0.2, 0) is 6.54 Å². The number of ether oxygens (including phenoxy) is 1. The molecule has 1 aliphatic carbocycles. The first-order chi connectivity index (χ1) is 13.6. The zero-order valence-electron chi connectivity index (χ0n) is 17.8. The van der Waals surface area contributed by atoms with Crippen molar-refractivity contribution in [2.45, 2.75) is 51.1 Å². The van der Waals surface area contributed by atoms with Crippen LogP contribution in [-0.4, -0.2) is 43.6 Å². The van der Waals surface area contributed by atoms with Gasteiger partial charge in [-0.3, -0.25) is 9.80 Å². The zero-order valence-corrected chi connectivity index (χ0v) is 17.8. The Morgan fingerprint density at radius 2 is 1.82 bits per heavy atom. The molecule has 2 aliphatic rings. The van der Waals surface area contributed by atoms with E-state index in [2.05, 4.69) is 73.2 Å². The summed E-state index contributed by atoms with van der Waals surface area (Å²) in [6, 6.07) is 16.3. The SMILES string of the molecule is COc1cc(CN2CCN(C)C(c3ccccc3C(C)C)C2)ccc1C1CC1. The van der Waals surface area contributed by atoms with Gasteiger partial charge in [-0.05, 0) is 60.0 Å². The molecule has 2 aromatic rings. The van der Waals surface area contributed by atoms with Crippen molar-refractivity contribution >= 4 is 0 Å². The summed E-state index contributed by atoms with van der Waals surface area (Å²) in [5, 5.41) is 0. The predicted molar refractivity (Wildman–Crippen MR) is 116 cm³/mol. The molecule has 2 fully saturated rings. The molecule has 150 valence electrons. The Balaban J connectivity index is 1.51. The van der Waals surface area contributed by atoms with Crippen LogP contribution in [0, 0.1) is 0 Å². The normalized spacial score (nSPS) is 21.2. The van der Waals surface area contributed by atoms with Crippen LogP contribution in [0.3, 0.4) is 0 Å². The third-order valence-corrected chi connectivity index (χ3v) is 6.43. The highest BCUT2D eigenvalue weighted by Gasteiger charge is 2.29. The number of hydrogen-bond donors (Lipinski definition) is 0. The molecule has 0 aromatic heterocycles. The van der Waals surface area contributed by atoms with Gasteiger partial charge < -0.3 is 4.74 Å². The summed E-state index contributed by atoms with van der Waals surface area (Å²) in [4.78, 5) is 5.13. The Hall–Kier alpha value is -1.84. The smallest absolute Gasteiger partial charge is 0.122 e. The Labute approximate surface area is 170 Å². The Bertz CT molecular complexity index is 812. The van der Waals surface area contributed by atoms with E-state index >= 15 is 0 Å². The molecule has 28 heavy (non-hydrogen) atoms. The van der Waals surface area contributed by atoms with E-state index in [9.17, 15) is 0 Å². The van der Waals surface area contributed by atoms with Gasteiger partial charge in [-0.2, -0.15) is 0 Å². The summed E-state index contributed by atoms with van der Waals surface area (Å²) >= 11 is 0. The van der Waals surface area contributed by atoms with E-state index in [1.807, 2.05) is 0 Å². The molecule has 1 unspecified atom stereocenters. The first-order valence-corrected chi connectivity index (χ1v) is 10.7. The van der Waals surface area contributed by atoms with E-state index in [4.69, 9.17) is 4.74 Å². The van der Waals surface area contributed by atoms with E-state index in [0.29, 0.717) is 12.0 Å². The summed E-state index contributed by atoms with van der Waals surface area (Å²) in [7, 11) is 4.08. The summed E-state index contributed by atoms with van der Waals surface area (Å²) in [6.07, 6.45) is 2.62. The second-order valence-electron chi connectivity index (χ2n) is 8.87. The number of hydrogen-bond acceptors (Lipinski definition) is 3. The largest absolute Gasteiger partial charge is 0.496 e. The summed E-state index contributed by atoms with van der Waals surface area (Å²) in [6.45, 7) is 8.89. The van der Waals surface area contributed by atoms with Gasteiger partial charge in [0, 0.05) is 32.2 Å². The molecule has 1 saturated heterocycles. The highest BCUT2D eigenvalue weighted by Crippen LogP contribution is 2.44. The van der Waals surface area contributed by atoms with Gasteiger partial charge in [0.05, 0.1) is 7.11 Å². The van der Waals surface area contributed by atoms with Crippen molar-refractivity contribution in [3.8, 4) is 5.75 Å². The van der Waals surface area contributed by atoms with Crippen LogP contribution in [0.15, 0.2) is 42.5 Å². The second-order valence-corrected chi connectivity index (χ2v) is 8.87. The van der Waals surface area contributed by atoms with E-state index in [-0.39, 0.29) is 0 Å². The third-order valence-electron chi connectivity index (χ3n) is 6.43. The van der Waals surface area contributed by atoms with Crippen molar-refractivity contribution in [1.82, 2.24) is 9.80 Å². The summed E-state index contributed by atoms with van der Waals surface area (Å²) in [5.74, 6) is 2.36. The van der Waals surface area contributed by atoms with Gasteiger partial charge in [0.2, 0.25) is 0 Å². The van der Waals surface area contributed by atoms with Crippen LogP contribution in [0.5, 0.6) is 5.75 Å². The van der Waals surface area contributed by atoms with Crippen LogP contribution >= 0.6 is 0 Å². The van der Waals surface area contributed by atoms with Crippen molar-refractivity contribution in [3.05, 3.63) is 64.7 Å². The molecule has 0 spiro atoms. The summed E-state index contributed by atoms with van der Waals surface area (Å²) < 4.78 is 5.70. The van der Waals surface area contributed by atoms with Crippen molar-refractivity contribution in [1.29, 1.82) is 0 Å². The van der Waals surface area contributed by atoms with Crippen LogP contribution in [0.4, 0.5) is 0 Å². The van der Waals surface area contributed by atoms with Gasteiger partial charge in [-0.25, -0.2) is 0 Å². The maximum atomic E-state index is 5.70. The van der Waals surface area contributed by atoms with Crippen molar-refractivity contribution in [2.24, 2.45) is 0 Å². The van der Waals surface area contributed by atoms with Crippen molar-refractivity contribution < 1.29 is 4.74 Å². The monoisotopic (exact) mass is 378 g/mol. The minimum Gasteiger partial charge on any atom is -0.496 e. The van der Waals surface area contributed by atoms with Gasteiger partial charge in [0.15, 0.2) is 0 Å². The molecule has 1 heterocycles. The lowest BCUT2D eigenvalue weighted by Gasteiger charge is -2.40. The summed E-state index contributed by atoms with van der Waals surface area (Å²) in [5.41, 5.74) is 5.73. The molecule has 1 aliphatic heterocycles. The number of likely N-dealkylation sites (N-methyl/N-ethyl adjacent to an activating group) is 1. The first-order valence-electron chi connectivity index (χ1n) is 10.7. The van der Waals surface area contributed by atoms with Gasteiger partial charge >= 0.3 is 0 Å². The lowest BCUT2D eigenvalue weighted by Crippen LogP contribution is -2.46. The van der Waals surface area contributed by atoms with Crippen molar-refractivity contribution in [2.75, 3.05) is 33.8 Å². The van der Waals surface area contributed by atoms with Gasteiger partial charge in [0.25, 0.3) is 0 Å². The molecular weight excluding hydrogens is 344 g/mol. The number of methoxy groups -OCH3 is 1. The third kappa shape index (κ3) is 4.11. The van der Waals surface area contributed by atoms with Crippen LogP contribution < -0.4 is 4.74 Å². The zero-order chi connectivity index (χ0) is 19.7. The molecule has 1 atom stereocenters. The molecule has 3 nitrogen and oxygen atoms in total. The molecule has 2 aromatic carbocycles. The quantitative estimate of drug-likeness (QED) is 0.688. The molecule has 0 amide bonds. The highest BCUT2D eigenvalue weighted by atomic mass is 16.5. The molecule has 0 bridgehead atoms. The predicted octanol–water partition coefficient (Wildman–Crippen LogP) is 5.18. The van der Waals surface area contributed by atoms with Crippen LogP contribution in [0.25, 0.3) is 0 Å². The fourth-order valence-corrected chi connectivity index (χ4v) is 4.59. The Morgan fingerprint density at radius 1 is 1.04 bits per heavy atom. The fourth-order valence-electron chi connectivity index (χ4n) is 4.59. The van der Waals surface area contributed by atoms with E-state index in [1.165, 1.54) is 35.1 Å². The molecule has 3 heteroatoms. The topological polar surface area (TPSA) is 15.7 Å². The maximum absolute atomic E-state index is 5.70. The molecule has 4 rings (SSSR count). The lowest BCUT2D eigenvalue weighted by atomic mass is 9.91. The number of nitrogens with zero attached hydrogens (tertiary/aromatic N) is 2. The van der Waals surface area contributed by atoms with E-state index in [1.54, 1.807) is 7.11 Å². The fraction of sp³-hybridized carbons (Fsp3) is 0.520. The minimum absolute atomic E-state index is 0.458. The van der Waals surface area contributed by atoms with Gasteiger partial charge in [0.1, 0.15) is 5.75 Å². The Morgan fingerprint density at radius 3 is 2.54 bits per heavy atom. The van der Waals surface area contributed by atoms with E-state index in [0.717, 1.165) is 37.8 Å².